The second-order valence-corrected chi connectivity index (χ2v) is 15.4. The minimum absolute atomic E-state index is 0.0187. The van der Waals surface area contributed by atoms with Gasteiger partial charge in [-0.1, -0.05) is 88.4 Å². The second-order valence-electron chi connectivity index (χ2n) is 15.2. The number of amides is 4. The van der Waals surface area contributed by atoms with Crippen molar-refractivity contribution in [3.63, 3.8) is 0 Å². The Morgan fingerprint density at radius 3 is 1.98 bits per heavy atom. The zero-order chi connectivity index (χ0) is 39.2. The molecule has 6 N–H and O–H groups in total. The number of hydrogen-bond donors (Lipinski definition) is 5. The van der Waals surface area contributed by atoms with E-state index < -0.39 is 52.6 Å². The van der Waals surface area contributed by atoms with Gasteiger partial charge in [0.1, 0.15) is 17.2 Å². The van der Waals surface area contributed by atoms with E-state index in [9.17, 15) is 29.1 Å². The minimum atomic E-state index is -1.95. The highest BCUT2D eigenvalue weighted by atomic mass is 35.5. The lowest BCUT2D eigenvalue weighted by Gasteiger charge is -2.41. The molecule has 13 heteroatoms. The molecule has 0 radical (unpaired) electrons. The van der Waals surface area contributed by atoms with Crippen molar-refractivity contribution in [2.24, 2.45) is 23.5 Å². The molecule has 0 spiro atoms. The SMILES string of the molecule is CC(C)C[C@H](NC(=O)[C@@H](Cc1ccccc1)C(CC(C)C)(NC(=O)[C@H](CCc1ccccc1)NC(=O)CN1CCOCC1)C(N)=O)C(=O)[C@](C)(O)CCl. The molecule has 0 aromatic heterocycles. The maximum absolute atomic E-state index is 14.6. The number of nitrogens with two attached hydrogens (primary N) is 1. The number of nitrogens with zero attached hydrogens (tertiary/aromatic N) is 1. The summed E-state index contributed by atoms with van der Waals surface area (Å²) in [7, 11) is 0. The van der Waals surface area contributed by atoms with E-state index in [4.69, 9.17) is 22.1 Å². The van der Waals surface area contributed by atoms with E-state index in [2.05, 4.69) is 16.0 Å². The Labute approximate surface area is 318 Å². The van der Waals surface area contributed by atoms with Gasteiger partial charge in [0.2, 0.25) is 23.6 Å². The molecule has 5 atom stereocenters. The van der Waals surface area contributed by atoms with E-state index >= 15 is 0 Å². The third-order valence-electron chi connectivity index (χ3n) is 9.53. The lowest BCUT2D eigenvalue weighted by molar-refractivity contribution is -0.144. The smallest absolute Gasteiger partial charge is 0.244 e. The number of carbonyl (C=O) groups is 5. The number of aryl methyl sites for hydroxylation is 1. The van der Waals surface area contributed by atoms with Gasteiger partial charge in [0.05, 0.1) is 37.6 Å². The summed E-state index contributed by atoms with van der Waals surface area (Å²) in [5.41, 5.74) is 4.01. The molecular formula is C40H58ClN5O7. The van der Waals surface area contributed by atoms with Crippen molar-refractivity contribution in [2.45, 2.75) is 89.9 Å². The van der Waals surface area contributed by atoms with Crippen molar-refractivity contribution in [3.8, 4) is 0 Å². The van der Waals surface area contributed by atoms with Crippen LogP contribution in [0.3, 0.4) is 0 Å². The van der Waals surface area contributed by atoms with Crippen molar-refractivity contribution < 1.29 is 33.8 Å². The predicted molar refractivity (Wildman–Crippen MR) is 205 cm³/mol. The van der Waals surface area contributed by atoms with Crippen LogP contribution in [0.15, 0.2) is 60.7 Å². The van der Waals surface area contributed by atoms with Gasteiger partial charge >= 0.3 is 0 Å². The van der Waals surface area contributed by atoms with Gasteiger partial charge in [0.25, 0.3) is 0 Å². The van der Waals surface area contributed by atoms with E-state index in [1.807, 2.05) is 69.0 Å². The molecule has 4 amide bonds. The van der Waals surface area contributed by atoms with Crippen molar-refractivity contribution >= 4 is 41.0 Å². The Hall–Kier alpha value is -3.84. The van der Waals surface area contributed by atoms with Crippen LogP contribution in [-0.4, -0.2) is 101 Å². The Morgan fingerprint density at radius 1 is 0.868 bits per heavy atom. The van der Waals surface area contributed by atoms with Gasteiger partial charge in [-0.25, -0.2) is 0 Å². The number of benzene rings is 2. The van der Waals surface area contributed by atoms with Crippen LogP contribution in [0.2, 0.25) is 0 Å². The molecule has 1 aliphatic heterocycles. The van der Waals surface area contributed by atoms with Crippen LogP contribution < -0.4 is 21.7 Å². The van der Waals surface area contributed by atoms with Gasteiger partial charge in [0.15, 0.2) is 5.78 Å². The maximum atomic E-state index is 14.6. The number of ether oxygens (including phenoxy) is 1. The lowest BCUT2D eigenvalue weighted by Crippen LogP contribution is -2.69. The number of hydrogen-bond acceptors (Lipinski definition) is 8. The van der Waals surface area contributed by atoms with Crippen molar-refractivity contribution in [1.82, 2.24) is 20.9 Å². The number of alkyl halides is 1. The average Bonchev–Trinajstić information content (AvgIpc) is 3.12. The molecule has 2 aromatic carbocycles. The molecule has 1 aliphatic rings. The van der Waals surface area contributed by atoms with E-state index in [0.29, 0.717) is 38.3 Å². The molecule has 1 fully saturated rings. The summed E-state index contributed by atoms with van der Waals surface area (Å²) < 4.78 is 5.41. The Kier molecular flexibility index (Phi) is 16.9. The summed E-state index contributed by atoms with van der Waals surface area (Å²) in [6.07, 6.45) is 0.795. The van der Waals surface area contributed by atoms with Crippen LogP contribution in [0.1, 0.15) is 65.0 Å². The number of aliphatic hydroxyl groups is 1. The van der Waals surface area contributed by atoms with E-state index in [1.54, 1.807) is 24.3 Å². The molecule has 2 aromatic rings. The number of nitrogens with one attached hydrogen (secondary N) is 3. The quantitative estimate of drug-likeness (QED) is 0.121. The van der Waals surface area contributed by atoms with Gasteiger partial charge in [-0.2, -0.15) is 0 Å². The number of ketones is 1. The first kappa shape index (κ1) is 43.6. The highest BCUT2D eigenvalue weighted by molar-refractivity contribution is 6.21. The zero-order valence-corrected chi connectivity index (χ0v) is 32.5. The molecule has 1 heterocycles. The van der Waals surface area contributed by atoms with Crippen molar-refractivity contribution in [3.05, 3.63) is 71.8 Å². The number of carbonyl (C=O) groups excluding carboxylic acids is 5. The van der Waals surface area contributed by atoms with Gasteiger partial charge in [-0.05, 0) is 62.0 Å². The molecule has 53 heavy (non-hydrogen) atoms. The molecule has 0 saturated carbocycles. The number of morpholine rings is 1. The molecule has 292 valence electrons. The van der Waals surface area contributed by atoms with Gasteiger partial charge < -0.3 is 31.5 Å². The average molecular weight is 756 g/mol. The molecule has 3 rings (SSSR count). The van der Waals surface area contributed by atoms with Crippen LogP contribution >= 0.6 is 11.6 Å². The first-order chi connectivity index (χ1) is 25.1. The Morgan fingerprint density at radius 2 is 1.45 bits per heavy atom. The summed E-state index contributed by atoms with van der Waals surface area (Å²) >= 11 is 5.96. The molecule has 0 bridgehead atoms. The van der Waals surface area contributed by atoms with Gasteiger partial charge in [-0.3, -0.25) is 28.9 Å². The molecular weight excluding hydrogens is 698 g/mol. The highest BCUT2D eigenvalue weighted by Crippen LogP contribution is 2.31. The topological polar surface area (TPSA) is 180 Å². The van der Waals surface area contributed by atoms with Crippen LogP contribution in [0, 0.1) is 17.8 Å². The Balaban J connectivity index is 2.07. The summed E-state index contributed by atoms with van der Waals surface area (Å²) in [5.74, 6) is -5.32. The van der Waals surface area contributed by atoms with E-state index in [-0.39, 0.29) is 55.9 Å². The second kappa shape index (κ2) is 20.6. The molecule has 1 saturated heterocycles. The van der Waals surface area contributed by atoms with Gasteiger partial charge in [0, 0.05) is 13.1 Å². The van der Waals surface area contributed by atoms with Crippen molar-refractivity contribution in [1.29, 1.82) is 0 Å². The first-order valence-corrected chi connectivity index (χ1v) is 19.0. The highest BCUT2D eigenvalue weighted by Gasteiger charge is 2.51. The maximum Gasteiger partial charge on any atom is 0.244 e. The van der Waals surface area contributed by atoms with E-state index in [1.165, 1.54) is 6.92 Å². The zero-order valence-electron chi connectivity index (χ0n) is 31.7. The van der Waals surface area contributed by atoms with Crippen molar-refractivity contribution in [2.75, 3.05) is 38.7 Å². The van der Waals surface area contributed by atoms with E-state index in [0.717, 1.165) is 5.56 Å². The summed E-state index contributed by atoms with van der Waals surface area (Å²) in [5, 5.41) is 19.4. The monoisotopic (exact) mass is 755 g/mol. The van der Waals surface area contributed by atoms with Crippen LogP contribution in [0.5, 0.6) is 0 Å². The standard InChI is InChI=1S/C40H58ClN5O7/c1-27(2)22-33(35(48)39(5,52)26-41)44-36(49)31(23-30-14-10-7-11-15-30)40(38(42)51,24-28(3)4)45-37(50)32(17-16-29-12-8-6-9-13-29)43-34(47)25-46-18-20-53-21-19-46/h6-15,27-28,31-33,52H,16-26H2,1-5H3,(H2,42,51)(H,43,47)(H,44,49)(H,45,50)/t31-,32+,33+,39-,40?/m1/s1. The number of rotatable bonds is 21. The number of Topliss-reactive ketones (excluding diaryl/α,β-unsaturated/α-hetero) is 1. The third kappa shape index (κ3) is 13.2. The van der Waals surface area contributed by atoms with Crippen LogP contribution in [-0.2, 0) is 41.6 Å². The molecule has 1 unspecified atom stereocenters. The van der Waals surface area contributed by atoms with Gasteiger partial charge in [-0.15, -0.1) is 11.6 Å². The summed E-state index contributed by atoms with van der Waals surface area (Å²) in [6.45, 7) is 10.9. The van der Waals surface area contributed by atoms with Crippen LogP contribution in [0.25, 0.3) is 0 Å². The Bertz CT molecular complexity index is 1500. The largest absolute Gasteiger partial charge is 0.381 e. The molecule has 0 aliphatic carbocycles. The number of primary amides is 1. The molecule has 12 nitrogen and oxygen atoms in total. The van der Waals surface area contributed by atoms with Crippen LogP contribution in [0.4, 0.5) is 0 Å². The minimum Gasteiger partial charge on any atom is -0.381 e. The normalized spacial score (nSPS) is 17.5. The third-order valence-corrected chi connectivity index (χ3v) is 10.0. The fraction of sp³-hybridized carbons (Fsp3) is 0.575. The first-order valence-electron chi connectivity index (χ1n) is 18.5. The fourth-order valence-electron chi connectivity index (χ4n) is 6.75. The summed E-state index contributed by atoms with van der Waals surface area (Å²) in [6, 6.07) is 16.3. The lowest BCUT2D eigenvalue weighted by atomic mass is 9.73. The fourth-order valence-corrected chi connectivity index (χ4v) is 6.88. The number of halogens is 1. The predicted octanol–water partition coefficient (Wildman–Crippen LogP) is 2.77. The summed E-state index contributed by atoms with van der Waals surface area (Å²) in [4.78, 5) is 71.9.